The van der Waals surface area contributed by atoms with Crippen LogP contribution in [0.2, 0.25) is 5.15 Å². The standard InChI is InChI=1S/C10H13ClN2O2S/c11-9-5-7(1-3-13-9)6-16-4-2-8(12)10(14)15/h1,3,5,8H,2,4,6,12H2,(H,14,15). The Kier molecular flexibility index (Phi) is 5.59. The number of hydrogen-bond acceptors (Lipinski definition) is 4. The lowest BCUT2D eigenvalue weighted by Gasteiger charge is -2.05. The van der Waals surface area contributed by atoms with E-state index in [-0.39, 0.29) is 0 Å². The Hall–Kier alpha value is -0.780. The molecule has 0 aliphatic rings. The average molecular weight is 261 g/mol. The summed E-state index contributed by atoms with van der Waals surface area (Å²) in [5.74, 6) is 0.551. The van der Waals surface area contributed by atoms with Gasteiger partial charge in [-0.1, -0.05) is 11.6 Å². The van der Waals surface area contributed by atoms with Gasteiger partial charge in [0.25, 0.3) is 0 Å². The Morgan fingerprint density at radius 2 is 2.44 bits per heavy atom. The van der Waals surface area contributed by atoms with Crippen molar-refractivity contribution in [3.63, 3.8) is 0 Å². The van der Waals surface area contributed by atoms with Gasteiger partial charge in [-0.25, -0.2) is 4.98 Å². The van der Waals surface area contributed by atoms with E-state index in [1.807, 2.05) is 6.07 Å². The second kappa shape index (κ2) is 6.73. The maximum Gasteiger partial charge on any atom is 0.320 e. The lowest BCUT2D eigenvalue weighted by atomic mass is 10.2. The van der Waals surface area contributed by atoms with Crippen LogP contribution in [-0.2, 0) is 10.5 Å². The van der Waals surface area contributed by atoms with Gasteiger partial charge in [0.05, 0.1) is 0 Å². The van der Waals surface area contributed by atoms with Crippen molar-refractivity contribution in [2.45, 2.75) is 18.2 Å². The molecule has 1 rings (SSSR count). The van der Waals surface area contributed by atoms with Gasteiger partial charge in [0.15, 0.2) is 0 Å². The molecule has 0 amide bonds. The summed E-state index contributed by atoms with van der Waals surface area (Å²) in [5.41, 5.74) is 6.45. The zero-order valence-electron chi connectivity index (χ0n) is 8.60. The fraction of sp³-hybridized carbons (Fsp3) is 0.400. The molecule has 0 radical (unpaired) electrons. The van der Waals surface area contributed by atoms with E-state index in [4.69, 9.17) is 22.4 Å². The summed E-state index contributed by atoms with van der Waals surface area (Å²) in [6.45, 7) is 0. The molecular formula is C10H13ClN2O2S. The quantitative estimate of drug-likeness (QED) is 0.602. The normalized spacial score (nSPS) is 12.4. The Balaban J connectivity index is 2.23. The molecule has 1 unspecified atom stereocenters. The topological polar surface area (TPSA) is 76.2 Å². The summed E-state index contributed by atoms with van der Waals surface area (Å²) in [4.78, 5) is 14.3. The number of aliphatic carboxylic acids is 1. The van der Waals surface area contributed by atoms with E-state index < -0.39 is 12.0 Å². The second-order valence-corrected chi connectivity index (χ2v) is 4.77. The number of carboxylic acids is 1. The van der Waals surface area contributed by atoms with Crippen LogP contribution in [0.4, 0.5) is 0 Å². The third kappa shape index (κ3) is 4.83. The average Bonchev–Trinajstić information content (AvgIpc) is 2.24. The Morgan fingerprint density at radius 3 is 3.06 bits per heavy atom. The van der Waals surface area contributed by atoms with Crippen LogP contribution in [0.5, 0.6) is 0 Å². The monoisotopic (exact) mass is 260 g/mol. The second-order valence-electron chi connectivity index (χ2n) is 3.27. The zero-order chi connectivity index (χ0) is 12.0. The van der Waals surface area contributed by atoms with E-state index in [0.29, 0.717) is 17.3 Å². The minimum atomic E-state index is -0.951. The van der Waals surface area contributed by atoms with Gasteiger partial charge in [0, 0.05) is 11.9 Å². The van der Waals surface area contributed by atoms with E-state index in [0.717, 1.165) is 11.3 Å². The molecule has 0 fully saturated rings. The molecule has 4 nitrogen and oxygen atoms in total. The largest absolute Gasteiger partial charge is 0.480 e. The molecule has 0 aliphatic carbocycles. The smallest absolute Gasteiger partial charge is 0.320 e. The summed E-state index contributed by atoms with van der Waals surface area (Å²) in [6.07, 6.45) is 2.13. The predicted octanol–water partition coefficient (Wildman–Crippen LogP) is 1.77. The first kappa shape index (κ1) is 13.3. The number of carbonyl (C=O) groups is 1. The van der Waals surface area contributed by atoms with Crippen molar-refractivity contribution in [3.05, 3.63) is 29.0 Å². The van der Waals surface area contributed by atoms with Crippen LogP contribution in [0, 0.1) is 0 Å². The number of aromatic nitrogens is 1. The number of carboxylic acid groups (broad SMARTS) is 1. The number of hydrogen-bond donors (Lipinski definition) is 2. The molecule has 0 aromatic carbocycles. The van der Waals surface area contributed by atoms with Crippen molar-refractivity contribution in [3.8, 4) is 0 Å². The molecule has 0 bridgehead atoms. The fourth-order valence-electron chi connectivity index (χ4n) is 1.06. The first-order valence-electron chi connectivity index (χ1n) is 4.76. The highest BCUT2D eigenvalue weighted by Gasteiger charge is 2.10. The zero-order valence-corrected chi connectivity index (χ0v) is 10.2. The molecule has 0 aliphatic heterocycles. The van der Waals surface area contributed by atoms with Crippen LogP contribution in [0.15, 0.2) is 18.3 Å². The van der Waals surface area contributed by atoms with Crippen LogP contribution < -0.4 is 5.73 Å². The molecule has 1 heterocycles. The van der Waals surface area contributed by atoms with Crippen molar-refractivity contribution in [2.75, 3.05) is 5.75 Å². The van der Waals surface area contributed by atoms with Gasteiger partial charge in [-0.2, -0.15) is 11.8 Å². The van der Waals surface area contributed by atoms with Gasteiger partial charge in [0.1, 0.15) is 11.2 Å². The highest BCUT2D eigenvalue weighted by Crippen LogP contribution is 2.15. The van der Waals surface area contributed by atoms with Crippen LogP contribution in [0.1, 0.15) is 12.0 Å². The van der Waals surface area contributed by atoms with Crippen molar-refractivity contribution in [2.24, 2.45) is 5.73 Å². The molecule has 1 aromatic rings. The lowest BCUT2D eigenvalue weighted by Crippen LogP contribution is -2.30. The molecule has 0 saturated heterocycles. The highest BCUT2D eigenvalue weighted by atomic mass is 35.5. The maximum atomic E-state index is 10.4. The van der Waals surface area contributed by atoms with Gasteiger partial charge in [0.2, 0.25) is 0 Å². The van der Waals surface area contributed by atoms with E-state index in [1.54, 1.807) is 24.0 Å². The molecule has 1 atom stereocenters. The Bertz CT molecular complexity index is 362. The van der Waals surface area contributed by atoms with Crippen molar-refractivity contribution in [1.29, 1.82) is 0 Å². The van der Waals surface area contributed by atoms with Crippen molar-refractivity contribution in [1.82, 2.24) is 4.98 Å². The summed E-state index contributed by atoms with van der Waals surface area (Å²) in [6, 6.07) is 2.91. The predicted molar refractivity (Wildman–Crippen MR) is 65.6 cm³/mol. The number of rotatable bonds is 6. The maximum absolute atomic E-state index is 10.4. The number of halogens is 1. The van der Waals surface area contributed by atoms with Crippen molar-refractivity contribution < 1.29 is 9.90 Å². The summed E-state index contributed by atoms with van der Waals surface area (Å²) in [5, 5.41) is 9.05. The van der Waals surface area contributed by atoms with Crippen LogP contribution in [0.3, 0.4) is 0 Å². The van der Waals surface area contributed by atoms with Crippen LogP contribution in [-0.4, -0.2) is 27.9 Å². The molecule has 88 valence electrons. The molecule has 1 aromatic heterocycles. The van der Waals surface area contributed by atoms with Gasteiger partial charge in [-0.3, -0.25) is 4.79 Å². The Labute approximate surface area is 103 Å². The van der Waals surface area contributed by atoms with Crippen LogP contribution >= 0.6 is 23.4 Å². The van der Waals surface area contributed by atoms with E-state index in [2.05, 4.69) is 4.98 Å². The Morgan fingerprint density at radius 1 is 1.69 bits per heavy atom. The summed E-state index contributed by atoms with van der Waals surface area (Å²) >= 11 is 7.36. The number of nitrogens with zero attached hydrogens (tertiary/aromatic N) is 1. The first-order valence-corrected chi connectivity index (χ1v) is 6.29. The first-order chi connectivity index (χ1) is 7.59. The minimum absolute atomic E-state index is 0.471. The number of pyridine rings is 1. The molecule has 0 spiro atoms. The van der Waals surface area contributed by atoms with E-state index in [1.165, 1.54) is 0 Å². The number of nitrogens with two attached hydrogens (primary N) is 1. The lowest BCUT2D eigenvalue weighted by molar-refractivity contribution is -0.138. The molecule has 16 heavy (non-hydrogen) atoms. The minimum Gasteiger partial charge on any atom is -0.480 e. The molecule has 6 heteroatoms. The highest BCUT2D eigenvalue weighted by molar-refractivity contribution is 7.98. The summed E-state index contributed by atoms with van der Waals surface area (Å²) in [7, 11) is 0. The van der Waals surface area contributed by atoms with Crippen LogP contribution in [0.25, 0.3) is 0 Å². The SMILES string of the molecule is NC(CCSCc1ccnc(Cl)c1)C(=O)O. The van der Waals surface area contributed by atoms with Gasteiger partial charge in [-0.05, 0) is 29.9 Å². The molecule has 3 N–H and O–H groups in total. The fourth-order valence-corrected chi connectivity index (χ4v) is 2.23. The third-order valence-electron chi connectivity index (χ3n) is 1.95. The van der Waals surface area contributed by atoms with Gasteiger partial charge in [-0.15, -0.1) is 0 Å². The molecular weight excluding hydrogens is 248 g/mol. The number of thioether (sulfide) groups is 1. The molecule has 0 saturated carbocycles. The van der Waals surface area contributed by atoms with Crippen molar-refractivity contribution >= 4 is 29.3 Å². The van der Waals surface area contributed by atoms with E-state index >= 15 is 0 Å². The van der Waals surface area contributed by atoms with Gasteiger partial charge >= 0.3 is 5.97 Å². The summed E-state index contributed by atoms with van der Waals surface area (Å²) < 4.78 is 0. The van der Waals surface area contributed by atoms with E-state index in [9.17, 15) is 4.79 Å². The third-order valence-corrected chi connectivity index (χ3v) is 3.22. The van der Waals surface area contributed by atoms with Gasteiger partial charge < -0.3 is 10.8 Å².